The third-order valence-corrected chi connectivity index (χ3v) is 10.8. The van der Waals surface area contributed by atoms with E-state index in [-0.39, 0.29) is 53.4 Å². The average Bonchev–Trinajstić information content (AvgIpc) is 3.83. The Morgan fingerprint density at radius 2 is 1.96 bits per heavy atom. The topological polar surface area (TPSA) is 86.3 Å². The molecule has 9 heteroatoms. The minimum absolute atomic E-state index is 0.136. The molecule has 5 atom stereocenters. The van der Waals surface area contributed by atoms with E-state index in [0.29, 0.717) is 39.6 Å². The Balaban J connectivity index is 1.43. The van der Waals surface area contributed by atoms with E-state index >= 15 is 4.39 Å². The van der Waals surface area contributed by atoms with E-state index < -0.39 is 11.6 Å². The molecular weight excluding hydrogens is 584 g/mol. The number of phenolic OH excluding ortho intramolecular Hbond substituents is 1. The maximum Gasteiger partial charge on any atom is 0.223 e. The van der Waals surface area contributed by atoms with E-state index in [2.05, 4.69) is 47.8 Å². The largest absolute Gasteiger partial charge is 0.507 e. The number of benzene rings is 3. The molecule has 5 aromatic rings. The van der Waals surface area contributed by atoms with Crippen LogP contribution in [0.25, 0.3) is 43.7 Å². The molecule has 2 N–H and O–H groups in total. The van der Waals surface area contributed by atoms with E-state index in [4.69, 9.17) is 9.72 Å². The summed E-state index contributed by atoms with van der Waals surface area (Å²) >= 11 is 0. The van der Waals surface area contributed by atoms with Crippen molar-refractivity contribution >= 4 is 32.6 Å². The van der Waals surface area contributed by atoms with Crippen molar-refractivity contribution < 1.29 is 18.6 Å². The van der Waals surface area contributed by atoms with Crippen LogP contribution in [0.2, 0.25) is 0 Å². The lowest BCUT2D eigenvalue weighted by Gasteiger charge is -2.37. The Morgan fingerprint density at radius 1 is 1.13 bits per heavy atom. The number of aromatic hydroxyl groups is 1. The lowest BCUT2D eigenvalue weighted by Crippen LogP contribution is -2.39. The second-order valence-corrected chi connectivity index (χ2v) is 13.5. The minimum atomic E-state index is -0.616. The molecule has 236 valence electrons. The minimum Gasteiger partial charge on any atom is -0.507 e. The highest BCUT2D eigenvalue weighted by molar-refractivity contribution is 6.10. The molecule has 0 radical (unpaired) electrons. The third kappa shape index (κ3) is 4.38. The van der Waals surface area contributed by atoms with Gasteiger partial charge in [0.1, 0.15) is 23.2 Å². The zero-order valence-electron chi connectivity index (χ0n) is 26.3. The first-order valence-electron chi connectivity index (χ1n) is 16.3. The molecule has 5 heterocycles. The Hall–Kier alpha value is -4.26. The van der Waals surface area contributed by atoms with Crippen LogP contribution >= 0.6 is 0 Å². The summed E-state index contributed by atoms with van der Waals surface area (Å²) < 4.78 is 41.0. The summed E-state index contributed by atoms with van der Waals surface area (Å²) in [6, 6.07) is 14.5. The van der Waals surface area contributed by atoms with Crippen molar-refractivity contribution in [2.45, 2.75) is 70.2 Å². The Morgan fingerprint density at radius 3 is 2.67 bits per heavy atom. The Labute approximate surface area is 266 Å². The molecule has 1 unspecified atom stereocenters. The molecular formula is C37H37F2N5O2. The number of halogens is 2. The number of nitrogens with zero attached hydrogens (tertiary/aromatic N) is 4. The molecule has 4 fully saturated rings. The molecule has 4 aliphatic rings. The van der Waals surface area contributed by atoms with Gasteiger partial charge in [0.25, 0.3) is 0 Å². The number of likely N-dealkylation sites (tertiary alicyclic amines) is 1. The van der Waals surface area contributed by atoms with Crippen LogP contribution in [0.1, 0.15) is 49.9 Å². The van der Waals surface area contributed by atoms with Crippen molar-refractivity contribution in [3.05, 3.63) is 65.4 Å². The number of rotatable bonds is 7. The first-order valence-corrected chi connectivity index (χ1v) is 16.3. The van der Waals surface area contributed by atoms with Crippen LogP contribution in [0.3, 0.4) is 0 Å². The van der Waals surface area contributed by atoms with E-state index in [1.807, 2.05) is 6.07 Å². The second kappa shape index (κ2) is 10.9. The molecule has 3 saturated heterocycles. The highest BCUT2D eigenvalue weighted by atomic mass is 19.1. The maximum atomic E-state index is 17.4. The molecule has 3 aliphatic heterocycles. The number of likely N-dealkylation sites (N-methyl/N-ethyl adjacent to an activating group) is 1. The monoisotopic (exact) mass is 621 g/mol. The fourth-order valence-corrected chi connectivity index (χ4v) is 8.53. The van der Waals surface area contributed by atoms with Crippen molar-refractivity contribution in [3.63, 3.8) is 0 Å². The molecule has 0 spiro atoms. The van der Waals surface area contributed by atoms with Gasteiger partial charge in [-0.05, 0) is 106 Å². The smallest absolute Gasteiger partial charge is 0.223 e. The number of aromatic nitrogens is 2. The van der Waals surface area contributed by atoms with Crippen LogP contribution in [0, 0.1) is 35.8 Å². The zero-order chi connectivity index (χ0) is 31.9. The fourth-order valence-electron chi connectivity index (χ4n) is 8.53. The molecule has 46 heavy (non-hydrogen) atoms. The summed E-state index contributed by atoms with van der Waals surface area (Å²) in [5.74, 6) is -0.392. The lowest BCUT2D eigenvalue weighted by atomic mass is 9.79. The average molecular weight is 622 g/mol. The number of nitriles is 1. The van der Waals surface area contributed by atoms with Crippen LogP contribution in [-0.2, 0) is 6.42 Å². The van der Waals surface area contributed by atoms with Gasteiger partial charge in [0.05, 0.1) is 23.0 Å². The molecule has 3 aromatic carbocycles. The number of nitrogens with one attached hydrogen (secondary N) is 1. The number of fused-ring (bicyclic) bond motifs is 5. The third-order valence-electron chi connectivity index (χ3n) is 10.8. The van der Waals surface area contributed by atoms with Crippen LogP contribution in [0.15, 0.2) is 42.5 Å². The van der Waals surface area contributed by atoms with Gasteiger partial charge in [0, 0.05) is 47.3 Å². The molecule has 1 saturated carbocycles. The fraction of sp³-hybridized carbons (Fsp3) is 0.405. The van der Waals surface area contributed by atoms with Gasteiger partial charge in [-0.25, -0.2) is 13.8 Å². The summed E-state index contributed by atoms with van der Waals surface area (Å²) in [7, 11) is 2.11. The number of hydrogen-bond donors (Lipinski definition) is 2. The number of ether oxygens (including phenoxy) is 1. The van der Waals surface area contributed by atoms with E-state index in [9.17, 15) is 14.8 Å². The van der Waals surface area contributed by atoms with Gasteiger partial charge in [0.15, 0.2) is 5.82 Å². The van der Waals surface area contributed by atoms with Gasteiger partial charge < -0.3 is 19.7 Å². The summed E-state index contributed by atoms with van der Waals surface area (Å²) in [6.07, 6.45) is 3.46. The Kier molecular flexibility index (Phi) is 6.93. The molecule has 7 nitrogen and oxygen atoms in total. The highest BCUT2D eigenvalue weighted by Crippen LogP contribution is 2.49. The van der Waals surface area contributed by atoms with Gasteiger partial charge in [-0.3, -0.25) is 4.90 Å². The van der Waals surface area contributed by atoms with E-state index in [0.717, 1.165) is 48.9 Å². The highest BCUT2D eigenvalue weighted by Gasteiger charge is 2.48. The summed E-state index contributed by atoms with van der Waals surface area (Å²) in [5, 5.41) is 27.0. The van der Waals surface area contributed by atoms with Gasteiger partial charge in [-0.15, -0.1) is 0 Å². The standard InChI is InChI=1S/C37H37F2N5O2/c1-19-14-27-36(44(19)35-23-16-28(35)41-18-23)26-15-22(6-4-12-40)31(32-25-17-24(38)10-8-21(25)9-11-30(32)45)33(39)34(26)42-37(27)46-20(2)29-7-5-13-43(29)3/h8-11,14-15,17,20,23,28-29,35,41,45H,4-7,13,16,18H2,1-3H3/t20?,23-,28-,29+,35+/m1/s1. The number of hydrogen-bond acceptors (Lipinski definition) is 6. The van der Waals surface area contributed by atoms with Crippen molar-refractivity contribution in [2.24, 2.45) is 5.92 Å². The predicted molar refractivity (Wildman–Crippen MR) is 175 cm³/mol. The summed E-state index contributed by atoms with van der Waals surface area (Å²) in [4.78, 5) is 7.23. The van der Waals surface area contributed by atoms with Crippen molar-refractivity contribution in [2.75, 3.05) is 20.1 Å². The lowest BCUT2D eigenvalue weighted by molar-refractivity contribution is 0.119. The van der Waals surface area contributed by atoms with Crippen molar-refractivity contribution in [1.82, 2.24) is 19.8 Å². The van der Waals surface area contributed by atoms with Crippen LogP contribution in [0.4, 0.5) is 8.78 Å². The number of aryl methyl sites for hydroxylation is 2. The van der Waals surface area contributed by atoms with Gasteiger partial charge in [-0.2, -0.15) is 5.26 Å². The van der Waals surface area contributed by atoms with E-state index in [1.54, 1.807) is 12.1 Å². The first kappa shape index (κ1) is 29.2. The van der Waals surface area contributed by atoms with Crippen LogP contribution in [-0.4, -0.2) is 57.9 Å². The molecule has 2 aromatic heterocycles. The zero-order valence-corrected chi connectivity index (χ0v) is 26.3. The number of phenols is 1. The van der Waals surface area contributed by atoms with Crippen molar-refractivity contribution in [3.8, 4) is 28.8 Å². The van der Waals surface area contributed by atoms with Gasteiger partial charge in [-0.1, -0.05) is 12.1 Å². The molecule has 9 rings (SSSR count). The Bertz CT molecular complexity index is 2070. The van der Waals surface area contributed by atoms with Gasteiger partial charge in [0.2, 0.25) is 5.88 Å². The maximum absolute atomic E-state index is 17.4. The van der Waals surface area contributed by atoms with Crippen LogP contribution in [0.5, 0.6) is 11.6 Å². The number of pyridine rings is 1. The summed E-state index contributed by atoms with van der Waals surface area (Å²) in [6.45, 7) is 6.10. The predicted octanol–water partition coefficient (Wildman–Crippen LogP) is 7.15. The van der Waals surface area contributed by atoms with E-state index in [1.165, 1.54) is 18.2 Å². The van der Waals surface area contributed by atoms with Gasteiger partial charge >= 0.3 is 0 Å². The molecule has 1 aliphatic carbocycles. The second-order valence-electron chi connectivity index (χ2n) is 13.5. The quantitative estimate of drug-likeness (QED) is 0.201. The SMILES string of the molecule is Cc1cc2c(OC(C)[C@@H]3CCCN3C)nc3c(F)c(-c4c(O)ccc5ccc(F)cc45)c(CCC#N)cc3c2n1[C@H]1[C@H]2CN[C@@H]1C2. The molecule has 2 bridgehead atoms. The first-order chi connectivity index (χ1) is 22.2. The normalized spacial score (nSPS) is 23.3. The van der Waals surface area contributed by atoms with Crippen LogP contribution < -0.4 is 10.1 Å². The molecule has 0 amide bonds. The summed E-state index contributed by atoms with van der Waals surface area (Å²) in [5.41, 5.74) is 2.98. The van der Waals surface area contributed by atoms with Crippen molar-refractivity contribution in [1.29, 1.82) is 5.26 Å².